The molecule has 1 aromatic carbocycles. The number of hydrogen-bond donors (Lipinski definition) is 1. The van der Waals surface area contributed by atoms with E-state index in [-0.39, 0.29) is 5.91 Å². The SMILES string of the molecule is C=C1c2[nH]c(C)cc2C(c2cc(C(=O)N(C)C)ccc2OC)=CN1CCCC. The van der Waals surface area contributed by atoms with Crippen LogP contribution in [0.2, 0.25) is 0 Å². The quantitative estimate of drug-likeness (QED) is 0.803. The molecule has 0 aliphatic carbocycles. The zero-order chi connectivity index (χ0) is 20.4. The molecule has 1 aliphatic heterocycles. The van der Waals surface area contributed by atoms with E-state index in [1.165, 1.54) is 0 Å². The van der Waals surface area contributed by atoms with E-state index in [9.17, 15) is 4.79 Å². The molecule has 1 aromatic heterocycles. The molecule has 1 amide bonds. The Morgan fingerprint density at radius 2 is 2.00 bits per heavy atom. The second-order valence-corrected chi connectivity index (χ2v) is 7.39. The normalized spacial score (nSPS) is 13.2. The highest BCUT2D eigenvalue weighted by Gasteiger charge is 2.26. The number of carbonyl (C=O) groups is 1. The second-order valence-electron chi connectivity index (χ2n) is 7.39. The summed E-state index contributed by atoms with van der Waals surface area (Å²) in [6.45, 7) is 9.42. The molecule has 0 spiro atoms. The van der Waals surface area contributed by atoms with Gasteiger partial charge in [-0.05, 0) is 37.6 Å². The predicted octanol–water partition coefficient (Wildman–Crippen LogP) is 4.51. The van der Waals surface area contributed by atoms with Crippen molar-refractivity contribution in [2.75, 3.05) is 27.7 Å². The van der Waals surface area contributed by atoms with Crippen LogP contribution in [0.5, 0.6) is 5.75 Å². The van der Waals surface area contributed by atoms with Gasteiger partial charge in [-0.25, -0.2) is 0 Å². The van der Waals surface area contributed by atoms with E-state index in [1.807, 2.05) is 25.1 Å². The van der Waals surface area contributed by atoms with Gasteiger partial charge in [0.25, 0.3) is 5.91 Å². The third kappa shape index (κ3) is 3.57. The van der Waals surface area contributed by atoms with E-state index in [0.29, 0.717) is 5.56 Å². The van der Waals surface area contributed by atoms with Gasteiger partial charge in [0.05, 0.1) is 18.5 Å². The number of amides is 1. The largest absolute Gasteiger partial charge is 0.496 e. The van der Waals surface area contributed by atoms with Gasteiger partial charge >= 0.3 is 0 Å². The lowest BCUT2D eigenvalue weighted by Gasteiger charge is -2.29. The van der Waals surface area contributed by atoms with Gasteiger partial charge in [0.15, 0.2) is 0 Å². The average Bonchev–Trinajstić information content (AvgIpc) is 3.08. The maximum atomic E-state index is 12.5. The van der Waals surface area contributed by atoms with E-state index in [4.69, 9.17) is 4.74 Å². The molecule has 0 saturated heterocycles. The van der Waals surface area contributed by atoms with E-state index in [2.05, 4.69) is 35.7 Å². The number of rotatable bonds is 6. The average molecular weight is 380 g/mol. The van der Waals surface area contributed by atoms with Crippen LogP contribution >= 0.6 is 0 Å². The maximum absolute atomic E-state index is 12.5. The van der Waals surface area contributed by atoms with Crippen molar-refractivity contribution in [2.24, 2.45) is 0 Å². The summed E-state index contributed by atoms with van der Waals surface area (Å²) in [5.41, 5.74) is 6.74. The highest BCUT2D eigenvalue weighted by Crippen LogP contribution is 2.40. The van der Waals surface area contributed by atoms with Crippen molar-refractivity contribution in [3.8, 4) is 5.75 Å². The minimum absolute atomic E-state index is 0.0296. The number of H-pyrrole nitrogens is 1. The number of aryl methyl sites for hydroxylation is 1. The van der Waals surface area contributed by atoms with Crippen LogP contribution in [-0.4, -0.2) is 48.4 Å². The Balaban J connectivity index is 2.17. The molecular weight excluding hydrogens is 350 g/mol. The lowest BCUT2D eigenvalue weighted by atomic mass is 9.92. The lowest BCUT2D eigenvalue weighted by molar-refractivity contribution is 0.0827. The molecule has 5 heteroatoms. The van der Waals surface area contributed by atoms with Gasteiger partial charge in [-0.1, -0.05) is 19.9 Å². The number of carbonyl (C=O) groups excluding carboxylic acids is 1. The summed E-state index contributed by atoms with van der Waals surface area (Å²) in [6, 6.07) is 7.73. The molecule has 148 valence electrons. The predicted molar refractivity (Wildman–Crippen MR) is 114 cm³/mol. The molecule has 28 heavy (non-hydrogen) atoms. The molecule has 3 rings (SSSR count). The molecule has 5 nitrogen and oxygen atoms in total. The first-order valence-corrected chi connectivity index (χ1v) is 9.65. The summed E-state index contributed by atoms with van der Waals surface area (Å²) in [4.78, 5) is 19.7. The van der Waals surface area contributed by atoms with Crippen LogP contribution in [0.4, 0.5) is 0 Å². The fourth-order valence-corrected chi connectivity index (χ4v) is 3.53. The number of nitrogens with zero attached hydrogens (tertiary/aromatic N) is 2. The fraction of sp³-hybridized carbons (Fsp3) is 0.348. The van der Waals surface area contributed by atoms with Crippen molar-refractivity contribution in [1.29, 1.82) is 0 Å². The molecule has 0 unspecified atom stereocenters. The molecule has 0 atom stereocenters. The highest BCUT2D eigenvalue weighted by molar-refractivity contribution is 5.97. The fourth-order valence-electron chi connectivity index (χ4n) is 3.53. The Hall–Kier alpha value is -2.95. The second kappa shape index (κ2) is 7.97. The minimum Gasteiger partial charge on any atom is -0.496 e. The summed E-state index contributed by atoms with van der Waals surface area (Å²) < 4.78 is 5.64. The zero-order valence-electron chi connectivity index (χ0n) is 17.4. The van der Waals surface area contributed by atoms with E-state index in [0.717, 1.165) is 58.9 Å². The molecule has 2 aromatic rings. The molecule has 2 heterocycles. The minimum atomic E-state index is -0.0296. The van der Waals surface area contributed by atoms with Crippen LogP contribution < -0.4 is 4.74 Å². The van der Waals surface area contributed by atoms with Crippen LogP contribution in [0.3, 0.4) is 0 Å². The van der Waals surface area contributed by atoms with Crippen LogP contribution in [0.1, 0.15) is 52.6 Å². The summed E-state index contributed by atoms with van der Waals surface area (Å²) in [5, 5.41) is 0. The Labute approximate surface area is 167 Å². The Morgan fingerprint density at radius 3 is 2.64 bits per heavy atom. The number of aromatic amines is 1. The third-order valence-corrected chi connectivity index (χ3v) is 5.06. The smallest absolute Gasteiger partial charge is 0.253 e. The Morgan fingerprint density at radius 1 is 1.25 bits per heavy atom. The van der Waals surface area contributed by atoms with E-state index in [1.54, 1.807) is 26.1 Å². The molecule has 0 fully saturated rings. The first-order valence-electron chi connectivity index (χ1n) is 9.65. The zero-order valence-corrected chi connectivity index (χ0v) is 17.4. The van der Waals surface area contributed by atoms with Crippen molar-refractivity contribution in [3.05, 3.63) is 65.1 Å². The van der Waals surface area contributed by atoms with E-state index >= 15 is 0 Å². The molecule has 1 N–H and O–H groups in total. The topological polar surface area (TPSA) is 48.6 Å². The summed E-state index contributed by atoms with van der Waals surface area (Å²) in [5.74, 6) is 0.715. The van der Waals surface area contributed by atoms with Gasteiger partial charge in [0.2, 0.25) is 0 Å². The van der Waals surface area contributed by atoms with Crippen molar-refractivity contribution in [2.45, 2.75) is 26.7 Å². The van der Waals surface area contributed by atoms with E-state index < -0.39 is 0 Å². The molecule has 0 bridgehead atoms. The van der Waals surface area contributed by atoms with Crippen molar-refractivity contribution in [3.63, 3.8) is 0 Å². The monoisotopic (exact) mass is 379 g/mol. The van der Waals surface area contributed by atoms with Crippen molar-refractivity contribution >= 4 is 17.2 Å². The number of aromatic nitrogens is 1. The van der Waals surface area contributed by atoms with Gasteiger partial charge in [-0.2, -0.15) is 0 Å². The summed E-state index contributed by atoms with van der Waals surface area (Å²) in [7, 11) is 5.18. The van der Waals surface area contributed by atoms with Gasteiger partial charge in [0, 0.05) is 54.8 Å². The number of methoxy groups -OCH3 is 1. The summed E-state index contributed by atoms with van der Waals surface area (Å²) in [6.07, 6.45) is 4.32. The number of fused-ring (bicyclic) bond motifs is 1. The molecule has 0 saturated carbocycles. The summed E-state index contributed by atoms with van der Waals surface area (Å²) >= 11 is 0. The standard InChI is InChI=1S/C23H29N3O2/c1-7-8-11-26-14-20(19-12-15(2)24-22(19)16(26)3)18-13-17(23(27)25(4)5)9-10-21(18)28-6/h9-10,12-14,24H,3,7-8,11H2,1-2,4-6H3. The Kier molecular flexibility index (Phi) is 5.63. The first kappa shape index (κ1) is 19.8. The number of benzene rings is 1. The van der Waals surface area contributed by atoms with Gasteiger partial charge in [-0.15, -0.1) is 0 Å². The number of nitrogens with one attached hydrogen (secondary N) is 1. The molecule has 1 aliphatic rings. The molecule has 0 radical (unpaired) electrons. The van der Waals surface area contributed by atoms with Crippen LogP contribution in [-0.2, 0) is 0 Å². The third-order valence-electron chi connectivity index (χ3n) is 5.06. The van der Waals surface area contributed by atoms with Crippen LogP contribution in [0.25, 0.3) is 11.3 Å². The van der Waals surface area contributed by atoms with Crippen molar-refractivity contribution < 1.29 is 9.53 Å². The molecular formula is C23H29N3O2. The van der Waals surface area contributed by atoms with Crippen molar-refractivity contribution in [1.82, 2.24) is 14.8 Å². The lowest BCUT2D eigenvalue weighted by Crippen LogP contribution is -2.23. The number of hydrogen-bond acceptors (Lipinski definition) is 3. The number of unbranched alkanes of at least 4 members (excludes halogenated alkanes) is 1. The number of ether oxygens (including phenoxy) is 1. The van der Waals surface area contributed by atoms with Gasteiger partial charge in [-0.3, -0.25) is 4.79 Å². The van der Waals surface area contributed by atoms with Gasteiger partial charge in [0.1, 0.15) is 5.75 Å². The highest BCUT2D eigenvalue weighted by atomic mass is 16.5. The Bertz CT molecular complexity index is 937. The van der Waals surface area contributed by atoms with Gasteiger partial charge < -0.3 is 19.5 Å². The maximum Gasteiger partial charge on any atom is 0.253 e. The van der Waals surface area contributed by atoms with Crippen LogP contribution in [0, 0.1) is 6.92 Å². The first-order chi connectivity index (χ1) is 13.4. The van der Waals surface area contributed by atoms with Crippen LogP contribution in [0.15, 0.2) is 37.0 Å².